The number of halogens is 1. The van der Waals surface area contributed by atoms with Gasteiger partial charge in [-0.25, -0.2) is 14.6 Å². The number of aliphatic carboxylic acids is 1. The lowest BCUT2D eigenvalue weighted by atomic mass is 9.97. The zero-order chi connectivity index (χ0) is 18.8. The van der Waals surface area contributed by atoms with Crippen molar-refractivity contribution in [3.8, 4) is 0 Å². The van der Waals surface area contributed by atoms with Crippen molar-refractivity contribution in [2.45, 2.75) is 38.4 Å². The van der Waals surface area contributed by atoms with Gasteiger partial charge in [-0.1, -0.05) is 0 Å². The van der Waals surface area contributed by atoms with Crippen LogP contribution in [0.15, 0.2) is 10.8 Å². The van der Waals surface area contributed by atoms with Gasteiger partial charge >= 0.3 is 12.1 Å². The highest BCUT2D eigenvalue weighted by atomic mass is 79.9. The van der Waals surface area contributed by atoms with Crippen molar-refractivity contribution in [1.29, 1.82) is 0 Å². The maximum atomic E-state index is 12.3. The molecule has 0 radical (unpaired) electrons. The van der Waals surface area contributed by atoms with Crippen LogP contribution in [0.3, 0.4) is 0 Å². The Bertz CT molecular complexity index is 656. The summed E-state index contributed by atoms with van der Waals surface area (Å²) in [6.45, 7) is 4.85. The van der Waals surface area contributed by atoms with E-state index in [4.69, 9.17) is 19.4 Å². The molecule has 1 aliphatic rings. The monoisotopic (exact) mass is 419 g/mol. The lowest BCUT2D eigenvalue weighted by molar-refractivity contribution is -0.236. The first kappa shape index (κ1) is 19.7. The van der Waals surface area contributed by atoms with E-state index in [1.807, 2.05) is 0 Å². The summed E-state index contributed by atoms with van der Waals surface area (Å²) in [5.41, 5.74) is -1.80. The van der Waals surface area contributed by atoms with E-state index < -0.39 is 29.9 Å². The van der Waals surface area contributed by atoms with E-state index in [2.05, 4.69) is 20.9 Å². The predicted octanol–water partition coefficient (Wildman–Crippen LogP) is 2.05. The first-order chi connectivity index (χ1) is 11.5. The Morgan fingerprint density at radius 3 is 2.68 bits per heavy atom. The molecule has 0 aromatic carbocycles. The van der Waals surface area contributed by atoms with E-state index in [9.17, 15) is 9.59 Å². The normalized spacial score (nSPS) is 21.2. The molecule has 10 heteroatoms. The van der Waals surface area contributed by atoms with E-state index in [1.54, 1.807) is 38.6 Å². The Morgan fingerprint density at radius 1 is 1.48 bits per heavy atom. The van der Waals surface area contributed by atoms with Crippen molar-refractivity contribution in [3.05, 3.63) is 16.6 Å². The summed E-state index contributed by atoms with van der Waals surface area (Å²) in [7, 11) is 1.77. The molecule has 1 aliphatic heterocycles. The second-order valence-electron chi connectivity index (χ2n) is 6.78. The summed E-state index contributed by atoms with van der Waals surface area (Å²) >= 11 is 3.30. The summed E-state index contributed by atoms with van der Waals surface area (Å²) in [4.78, 5) is 33.1. The van der Waals surface area contributed by atoms with Crippen LogP contribution in [0.1, 0.15) is 33.0 Å². The summed E-state index contributed by atoms with van der Waals surface area (Å²) in [5, 5.41) is 10.1. The van der Waals surface area contributed by atoms with Gasteiger partial charge in [0.2, 0.25) is 0 Å². The Morgan fingerprint density at radius 2 is 2.16 bits per heavy atom. The molecule has 9 nitrogen and oxygen atoms in total. The van der Waals surface area contributed by atoms with Crippen LogP contribution in [-0.2, 0) is 31.8 Å². The molecule has 2 rings (SSSR count). The molecule has 1 aromatic rings. The van der Waals surface area contributed by atoms with Gasteiger partial charge in [-0.2, -0.15) is 5.06 Å². The SMILES string of the molecule is Cn1cc(Br)nc1C1(OCC(=O)O)CCON(C(=O)OC(C)(C)C)C1. The van der Waals surface area contributed by atoms with Crippen molar-refractivity contribution in [3.63, 3.8) is 0 Å². The number of aromatic nitrogens is 2. The van der Waals surface area contributed by atoms with Crippen LogP contribution in [-0.4, -0.2) is 57.1 Å². The Labute approximate surface area is 153 Å². The van der Waals surface area contributed by atoms with Gasteiger partial charge in [-0.15, -0.1) is 0 Å². The highest BCUT2D eigenvalue weighted by Crippen LogP contribution is 2.34. The number of carboxylic acids is 1. The van der Waals surface area contributed by atoms with Gasteiger partial charge in [-0.05, 0) is 36.7 Å². The predicted molar refractivity (Wildman–Crippen MR) is 89.7 cm³/mol. The van der Waals surface area contributed by atoms with Gasteiger partial charge < -0.3 is 19.1 Å². The van der Waals surface area contributed by atoms with Crippen molar-refractivity contribution < 1.29 is 29.0 Å². The van der Waals surface area contributed by atoms with Gasteiger partial charge in [0, 0.05) is 19.7 Å². The lowest BCUT2D eigenvalue weighted by Crippen LogP contribution is -2.53. The number of hydrogen-bond acceptors (Lipinski definition) is 6. The Kier molecular flexibility index (Phi) is 5.75. The topological polar surface area (TPSA) is 103 Å². The molecule has 25 heavy (non-hydrogen) atoms. The fourth-order valence-corrected chi connectivity index (χ4v) is 3.00. The highest BCUT2D eigenvalue weighted by Gasteiger charge is 2.45. The van der Waals surface area contributed by atoms with Crippen molar-refractivity contribution >= 4 is 28.0 Å². The molecule has 0 saturated carbocycles. The molecule has 0 bridgehead atoms. The molecule has 0 aliphatic carbocycles. The first-order valence-electron chi connectivity index (χ1n) is 7.71. The molecule has 2 heterocycles. The Hall–Kier alpha value is -1.65. The summed E-state index contributed by atoms with van der Waals surface area (Å²) in [5.74, 6) is -0.611. The number of amides is 1. The maximum absolute atomic E-state index is 12.3. The zero-order valence-corrected chi connectivity index (χ0v) is 16.2. The third-order valence-electron chi connectivity index (χ3n) is 3.48. The van der Waals surface area contributed by atoms with Crippen molar-refractivity contribution in [2.24, 2.45) is 7.05 Å². The van der Waals surface area contributed by atoms with E-state index in [1.165, 1.54) is 0 Å². The number of ether oxygens (including phenoxy) is 2. The van der Waals surface area contributed by atoms with Gasteiger partial charge in [0.15, 0.2) is 0 Å². The molecule has 1 N–H and O–H groups in total. The lowest BCUT2D eigenvalue weighted by Gasteiger charge is -2.40. The summed E-state index contributed by atoms with van der Waals surface area (Å²) < 4.78 is 13.3. The molecule has 1 aromatic heterocycles. The number of hydrogen-bond donors (Lipinski definition) is 1. The molecule has 0 spiro atoms. The Balaban J connectivity index is 2.30. The van der Waals surface area contributed by atoms with Crippen LogP contribution >= 0.6 is 15.9 Å². The third-order valence-corrected chi connectivity index (χ3v) is 3.86. The van der Waals surface area contributed by atoms with Gasteiger partial charge in [0.25, 0.3) is 0 Å². The maximum Gasteiger partial charge on any atom is 0.434 e. The highest BCUT2D eigenvalue weighted by molar-refractivity contribution is 9.10. The third kappa shape index (κ3) is 4.93. The van der Waals surface area contributed by atoms with E-state index in [0.717, 1.165) is 5.06 Å². The van der Waals surface area contributed by atoms with Crippen LogP contribution in [0.2, 0.25) is 0 Å². The number of nitrogens with zero attached hydrogens (tertiary/aromatic N) is 3. The minimum absolute atomic E-state index is 0.0352. The van der Waals surface area contributed by atoms with Gasteiger partial charge in [0.1, 0.15) is 28.2 Å². The average Bonchev–Trinajstić information content (AvgIpc) is 2.83. The molecule has 140 valence electrons. The molecular formula is C15H22BrN3O6. The quantitative estimate of drug-likeness (QED) is 0.795. The smallest absolute Gasteiger partial charge is 0.434 e. The van der Waals surface area contributed by atoms with E-state index in [0.29, 0.717) is 16.8 Å². The number of imidazole rings is 1. The van der Waals surface area contributed by atoms with Crippen molar-refractivity contribution in [1.82, 2.24) is 14.6 Å². The van der Waals surface area contributed by atoms with E-state index in [-0.39, 0.29) is 13.2 Å². The minimum atomic E-state index is -1.12. The van der Waals surface area contributed by atoms with Crippen LogP contribution in [0.5, 0.6) is 0 Å². The van der Waals surface area contributed by atoms with Gasteiger partial charge in [0.05, 0.1) is 13.2 Å². The standard InChI is InChI=1S/C15H22BrN3O6/c1-14(2,3)25-13(22)19-9-15(5-6-24-19,23-8-11(20)21)12-17-10(16)7-18(12)4/h7H,5-6,8-9H2,1-4H3,(H,20,21). The molecule has 1 unspecified atom stereocenters. The average molecular weight is 420 g/mol. The minimum Gasteiger partial charge on any atom is -0.480 e. The molecule has 1 atom stereocenters. The summed E-state index contributed by atoms with van der Waals surface area (Å²) in [6, 6.07) is 0. The van der Waals surface area contributed by atoms with Crippen LogP contribution in [0, 0.1) is 0 Å². The number of hydroxylamine groups is 2. The zero-order valence-electron chi connectivity index (χ0n) is 14.6. The van der Waals surface area contributed by atoms with Crippen LogP contribution in [0.4, 0.5) is 4.79 Å². The van der Waals surface area contributed by atoms with Gasteiger partial charge in [-0.3, -0.25) is 4.84 Å². The second kappa shape index (κ2) is 7.30. The largest absolute Gasteiger partial charge is 0.480 e. The second-order valence-corrected chi connectivity index (χ2v) is 7.59. The molecule has 1 saturated heterocycles. The number of aryl methyl sites for hydroxylation is 1. The van der Waals surface area contributed by atoms with Crippen LogP contribution in [0.25, 0.3) is 0 Å². The fraction of sp³-hybridized carbons (Fsp3) is 0.667. The number of carboxylic acid groups (broad SMARTS) is 1. The number of rotatable bonds is 4. The van der Waals surface area contributed by atoms with E-state index >= 15 is 0 Å². The summed E-state index contributed by atoms with van der Waals surface area (Å²) in [6.07, 6.45) is 1.41. The van der Waals surface area contributed by atoms with Crippen molar-refractivity contribution in [2.75, 3.05) is 19.8 Å². The molecular weight excluding hydrogens is 398 g/mol. The molecule has 1 amide bonds. The fourth-order valence-electron chi connectivity index (χ4n) is 2.53. The van der Waals surface area contributed by atoms with Crippen LogP contribution < -0.4 is 0 Å². The number of carbonyl (C=O) groups excluding carboxylic acids is 1. The number of carbonyl (C=O) groups is 2. The molecule has 1 fully saturated rings. The first-order valence-corrected chi connectivity index (χ1v) is 8.50.